The number of carbonyl (C=O) groups excluding carboxylic acids is 1. The highest BCUT2D eigenvalue weighted by molar-refractivity contribution is 6.05. The van der Waals surface area contributed by atoms with Crippen LogP contribution in [0.3, 0.4) is 0 Å². The summed E-state index contributed by atoms with van der Waals surface area (Å²) in [6, 6.07) is 0. The summed E-state index contributed by atoms with van der Waals surface area (Å²) in [5.41, 5.74) is 1.87. The van der Waals surface area contributed by atoms with Crippen molar-refractivity contribution < 1.29 is 9.90 Å². The second-order valence-corrected chi connectivity index (χ2v) is 9.42. The Balaban J connectivity index is 1.72. The number of rotatable bonds is 0. The first-order valence-electron chi connectivity index (χ1n) is 9.35. The molecule has 23 heavy (non-hydrogen) atoms. The van der Waals surface area contributed by atoms with Crippen LogP contribution in [0, 0.1) is 28.6 Å². The van der Waals surface area contributed by atoms with Gasteiger partial charge in [0.1, 0.15) is 0 Å². The Morgan fingerprint density at radius 1 is 1.13 bits per heavy atom. The standard InChI is InChI=1S/C21H30O2/c1-13-12-19(2)14(11-18(13)22)5-6-15-16(19)7-9-20(3)17(15)8-10-21(20,4)23/h11,15-17,23H,1,5-10,12H2,2-4H3/t15-,16+,17-,19+,20+,21-/m0/s1. The summed E-state index contributed by atoms with van der Waals surface area (Å²) < 4.78 is 0. The van der Waals surface area contributed by atoms with Gasteiger partial charge in [0.15, 0.2) is 5.78 Å². The van der Waals surface area contributed by atoms with Crippen LogP contribution in [0.1, 0.15) is 65.7 Å². The van der Waals surface area contributed by atoms with Crippen LogP contribution in [0.25, 0.3) is 0 Å². The third-order valence-corrected chi connectivity index (χ3v) is 8.53. The Hall–Kier alpha value is -0.890. The number of ketones is 1. The molecular weight excluding hydrogens is 284 g/mol. The van der Waals surface area contributed by atoms with E-state index in [1.807, 2.05) is 6.08 Å². The first-order valence-corrected chi connectivity index (χ1v) is 9.35. The molecule has 1 N–H and O–H groups in total. The first kappa shape index (κ1) is 15.6. The Kier molecular flexibility index (Phi) is 3.12. The Morgan fingerprint density at radius 3 is 2.57 bits per heavy atom. The average Bonchev–Trinajstić information content (AvgIpc) is 2.71. The van der Waals surface area contributed by atoms with Crippen molar-refractivity contribution >= 4 is 5.78 Å². The summed E-state index contributed by atoms with van der Waals surface area (Å²) in [6.45, 7) is 10.8. The normalized spacial score (nSPS) is 52.5. The maximum absolute atomic E-state index is 12.1. The maximum atomic E-state index is 12.1. The van der Waals surface area contributed by atoms with E-state index in [9.17, 15) is 9.90 Å². The quantitative estimate of drug-likeness (QED) is 0.671. The summed E-state index contributed by atoms with van der Waals surface area (Å²) >= 11 is 0. The largest absolute Gasteiger partial charge is 0.390 e. The molecule has 0 aromatic rings. The molecule has 6 atom stereocenters. The van der Waals surface area contributed by atoms with Crippen LogP contribution in [0.4, 0.5) is 0 Å². The molecule has 4 rings (SSSR count). The van der Waals surface area contributed by atoms with E-state index in [4.69, 9.17) is 0 Å². The van der Waals surface area contributed by atoms with E-state index in [1.165, 1.54) is 24.8 Å². The predicted octanol–water partition coefficient (Wildman–Crippen LogP) is 4.44. The molecule has 0 aromatic heterocycles. The van der Waals surface area contributed by atoms with Crippen LogP contribution in [0.2, 0.25) is 0 Å². The van der Waals surface area contributed by atoms with E-state index >= 15 is 0 Å². The van der Waals surface area contributed by atoms with Gasteiger partial charge in [-0.3, -0.25) is 4.79 Å². The highest BCUT2D eigenvalue weighted by Crippen LogP contribution is 2.67. The number of hydrogen-bond donors (Lipinski definition) is 1. The lowest BCUT2D eigenvalue weighted by Crippen LogP contribution is -2.54. The zero-order chi connectivity index (χ0) is 16.6. The average molecular weight is 314 g/mol. The van der Waals surface area contributed by atoms with Gasteiger partial charge in [-0.1, -0.05) is 26.0 Å². The predicted molar refractivity (Wildman–Crippen MR) is 91.9 cm³/mol. The topological polar surface area (TPSA) is 37.3 Å². The van der Waals surface area contributed by atoms with Gasteiger partial charge in [-0.05, 0) is 92.1 Å². The fourth-order valence-corrected chi connectivity index (χ4v) is 6.84. The molecule has 0 aromatic carbocycles. The molecule has 0 bridgehead atoms. The van der Waals surface area contributed by atoms with Gasteiger partial charge in [-0.15, -0.1) is 0 Å². The minimum absolute atomic E-state index is 0.0766. The van der Waals surface area contributed by atoms with E-state index in [-0.39, 0.29) is 16.6 Å². The number of aliphatic hydroxyl groups is 1. The van der Waals surface area contributed by atoms with Crippen molar-refractivity contribution in [1.29, 1.82) is 0 Å². The molecule has 0 heterocycles. The van der Waals surface area contributed by atoms with E-state index in [0.717, 1.165) is 31.3 Å². The van der Waals surface area contributed by atoms with Gasteiger partial charge >= 0.3 is 0 Å². The van der Waals surface area contributed by atoms with Crippen molar-refractivity contribution in [3.63, 3.8) is 0 Å². The number of fused-ring (bicyclic) bond motifs is 5. The minimum atomic E-state index is -0.508. The fourth-order valence-electron chi connectivity index (χ4n) is 6.84. The molecule has 4 aliphatic carbocycles. The van der Waals surface area contributed by atoms with Crippen molar-refractivity contribution in [2.45, 2.75) is 71.3 Å². The number of allylic oxidation sites excluding steroid dienone is 2. The van der Waals surface area contributed by atoms with Crippen LogP contribution in [0.15, 0.2) is 23.8 Å². The number of hydrogen-bond acceptors (Lipinski definition) is 2. The first-order chi connectivity index (χ1) is 10.7. The van der Waals surface area contributed by atoms with Crippen LogP contribution in [-0.2, 0) is 4.79 Å². The molecular formula is C21H30O2. The molecule has 3 saturated carbocycles. The third-order valence-electron chi connectivity index (χ3n) is 8.53. The molecule has 0 amide bonds. The minimum Gasteiger partial charge on any atom is -0.390 e. The summed E-state index contributed by atoms with van der Waals surface area (Å²) in [7, 11) is 0. The fraction of sp³-hybridized carbons (Fsp3) is 0.762. The molecule has 3 fully saturated rings. The molecule has 0 aliphatic heterocycles. The van der Waals surface area contributed by atoms with Crippen LogP contribution in [0.5, 0.6) is 0 Å². The van der Waals surface area contributed by atoms with Crippen molar-refractivity contribution in [2.75, 3.05) is 0 Å². The van der Waals surface area contributed by atoms with Crippen LogP contribution in [-0.4, -0.2) is 16.5 Å². The molecule has 2 heteroatoms. The van der Waals surface area contributed by atoms with Crippen LogP contribution < -0.4 is 0 Å². The molecule has 2 nitrogen and oxygen atoms in total. The maximum Gasteiger partial charge on any atom is 0.181 e. The van der Waals surface area contributed by atoms with Crippen molar-refractivity contribution in [3.8, 4) is 0 Å². The molecule has 0 saturated heterocycles. The molecule has 126 valence electrons. The SMILES string of the molecule is C=C1C[C@]2(C)C(=CC1=O)CC[C@H]1[C@H]2CC[C@]2(C)[C@H]1CC[C@]2(C)O. The summed E-state index contributed by atoms with van der Waals surface area (Å²) in [5, 5.41) is 10.9. The van der Waals surface area contributed by atoms with Crippen molar-refractivity contribution in [3.05, 3.63) is 23.8 Å². The molecule has 0 spiro atoms. The van der Waals surface area contributed by atoms with Crippen molar-refractivity contribution in [2.24, 2.45) is 28.6 Å². The lowest BCUT2D eigenvalue weighted by atomic mass is 9.46. The lowest BCUT2D eigenvalue weighted by Gasteiger charge is -2.59. The summed E-state index contributed by atoms with van der Waals surface area (Å²) in [6.07, 6.45) is 9.42. The second kappa shape index (κ2) is 4.59. The molecule has 4 aliphatic rings. The Bertz CT molecular complexity index is 613. The zero-order valence-corrected chi connectivity index (χ0v) is 14.8. The highest BCUT2D eigenvalue weighted by atomic mass is 16.3. The smallest absolute Gasteiger partial charge is 0.181 e. The van der Waals surface area contributed by atoms with Gasteiger partial charge in [-0.25, -0.2) is 0 Å². The van der Waals surface area contributed by atoms with E-state index < -0.39 is 5.60 Å². The van der Waals surface area contributed by atoms with E-state index in [1.54, 1.807) is 0 Å². The summed E-state index contributed by atoms with van der Waals surface area (Å²) in [5.74, 6) is 2.14. The molecule has 0 unspecified atom stereocenters. The monoisotopic (exact) mass is 314 g/mol. The zero-order valence-electron chi connectivity index (χ0n) is 14.8. The molecule has 0 radical (unpaired) electrons. The van der Waals surface area contributed by atoms with Gasteiger partial charge in [-0.2, -0.15) is 0 Å². The summed E-state index contributed by atoms with van der Waals surface area (Å²) in [4.78, 5) is 12.1. The van der Waals surface area contributed by atoms with Gasteiger partial charge in [0, 0.05) is 0 Å². The Labute approximate surface area is 140 Å². The Morgan fingerprint density at radius 2 is 1.83 bits per heavy atom. The van der Waals surface area contributed by atoms with E-state index in [0.29, 0.717) is 17.8 Å². The van der Waals surface area contributed by atoms with Crippen molar-refractivity contribution in [1.82, 2.24) is 0 Å². The third kappa shape index (κ3) is 1.88. The highest BCUT2D eigenvalue weighted by Gasteiger charge is 2.62. The van der Waals surface area contributed by atoms with Gasteiger partial charge in [0.2, 0.25) is 0 Å². The van der Waals surface area contributed by atoms with Gasteiger partial charge in [0.25, 0.3) is 0 Å². The number of carbonyl (C=O) groups is 1. The second-order valence-electron chi connectivity index (χ2n) is 9.42. The van der Waals surface area contributed by atoms with Gasteiger partial charge < -0.3 is 5.11 Å². The van der Waals surface area contributed by atoms with Gasteiger partial charge in [0.05, 0.1) is 5.60 Å². The van der Waals surface area contributed by atoms with Crippen LogP contribution >= 0.6 is 0 Å². The van der Waals surface area contributed by atoms with E-state index in [2.05, 4.69) is 27.4 Å². The lowest BCUT2D eigenvalue weighted by molar-refractivity contribution is -0.120.